The number of anilines is 1. The normalized spacial score (nSPS) is 15.3. The number of hydrogen-bond acceptors (Lipinski definition) is 5. The Balaban J connectivity index is 1.58. The lowest BCUT2D eigenvalue weighted by atomic mass is 9.92. The van der Waals surface area contributed by atoms with Gasteiger partial charge in [-0.2, -0.15) is 0 Å². The number of unbranched alkanes of at least 4 members (excludes halogenated alkanes) is 3. The van der Waals surface area contributed by atoms with E-state index in [1.807, 2.05) is 49.4 Å². The minimum atomic E-state index is -0.817. The summed E-state index contributed by atoms with van der Waals surface area (Å²) < 4.78 is 4.61. The quantitative estimate of drug-likeness (QED) is 0.398. The molecule has 3 rings (SSSR count). The second kappa shape index (κ2) is 12.1. The smallest absolute Gasteiger partial charge is 0.305 e. The van der Waals surface area contributed by atoms with Crippen LogP contribution in [0.25, 0.3) is 11.1 Å². The van der Waals surface area contributed by atoms with Gasteiger partial charge in [0.15, 0.2) is 0 Å². The van der Waals surface area contributed by atoms with Gasteiger partial charge in [0.1, 0.15) is 6.04 Å². The number of amides is 3. The summed E-state index contributed by atoms with van der Waals surface area (Å²) in [5.74, 6) is -1.64. The zero-order valence-electron chi connectivity index (χ0n) is 20.5. The highest BCUT2D eigenvalue weighted by Gasteiger charge is 2.33. The molecule has 0 spiro atoms. The molecule has 2 N–H and O–H groups in total. The lowest BCUT2D eigenvalue weighted by Crippen LogP contribution is -2.54. The highest BCUT2D eigenvalue weighted by molar-refractivity contribution is 6.06. The Morgan fingerprint density at radius 1 is 0.943 bits per heavy atom. The Labute approximate surface area is 206 Å². The number of hydrazine groups is 1. The first-order chi connectivity index (χ1) is 16.8. The van der Waals surface area contributed by atoms with Crippen molar-refractivity contribution < 1.29 is 23.9 Å². The number of carbonyl (C=O) groups excluding carboxylic acids is 4. The highest BCUT2D eigenvalue weighted by atomic mass is 16.5. The first-order valence-corrected chi connectivity index (χ1v) is 12.0. The van der Waals surface area contributed by atoms with E-state index in [2.05, 4.69) is 15.5 Å². The summed E-state index contributed by atoms with van der Waals surface area (Å²) in [5.41, 5.74) is 6.01. The zero-order valence-corrected chi connectivity index (χ0v) is 20.5. The Kier molecular flexibility index (Phi) is 9.00. The molecule has 35 heavy (non-hydrogen) atoms. The number of benzene rings is 2. The van der Waals surface area contributed by atoms with Gasteiger partial charge in [-0.3, -0.25) is 24.6 Å². The molecule has 1 aliphatic rings. The Morgan fingerprint density at radius 2 is 1.57 bits per heavy atom. The molecular formula is C27H33N3O5. The molecule has 0 radical (unpaired) electrons. The molecule has 3 amide bonds. The van der Waals surface area contributed by atoms with Crippen molar-refractivity contribution in [2.24, 2.45) is 0 Å². The minimum absolute atomic E-state index is 0.230. The van der Waals surface area contributed by atoms with Crippen molar-refractivity contribution in [2.75, 3.05) is 12.1 Å². The fourth-order valence-electron chi connectivity index (χ4n) is 4.17. The summed E-state index contributed by atoms with van der Waals surface area (Å²) in [6, 6.07) is 14.4. The zero-order chi connectivity index (χ0) is 25.4. The molecule has 0 aliphatic carbocycles. The van der Waals surface area contributed by atoms with Gasteiger partial charge in [-0.25, -0.2) is 5.01 Å². The molecule has 8 nitrogen and oxygen atoms in total. The fourth-order valence-corrected chi connectivity index (χ4v) is 4.17. The summed E-state index contributed by atoms with van der Waals surface area (Å²) in [6.45, 7) is 3.42. The van der Waals surface area contributed by atoms with Crippen LogP contribution in [0.1, 0.15) is 63.9 Å². The number of methoxy groups -OCH3 is 1. The van der Waals surface area contributed by atoms with Crippen LogP contribution in [0.2, 0.25) is 0 Å². The van der Waals surface area contributed by atoms with Crippen molar-refractivity contribution in [1.82, 2.24) is 10.7 Å². The van der Waals surface area contributed by atoms with Crippen molar-refractivity contribution >= 4 is 29.4 Å². The first-order valence-electron chi connectivity index (χ1n) is 12.0. The van der Waals surface area contributed by atoms with Crippen LogP contribution in [0.4, 0.5) is 5.69 Å². The average Bonchev–Trinajstić information content (AvgIpc) is 2.95. The van der Waals surface area contributed by atoms with Crippen LogP contribution in [0.15, 0.2) is 48.5 Å². The third-order valence-electron chi connectivity index (χ3n) is 6.21. The van der Waals surface area contributed by atoms with Gasteiger partial charge < -0.3 is 10.1 Å². The van der Waals surface area contributed by atoms with E-state index >= 15 is 0 Å². The Morgan fingerprint density at radius 3 is 2.29 bits per heavy atom. The van der Waals surface area contributed by atoms with Gasteiger partial charge >= 0.3 is 5.97 Å². The molecule has 0 fully saturated rings. The highest BCUT2D eigenvalue weighted by Crippen LogP contribution is 2.39. The van der Waals surface area contributed by atoms with Crippen molar-refractivity contribution in [3.63, 3.8) is 0 Å². The van der Waals surface area contributed by atoms with E-state index in [1.165, 1.54) is 12.1 Å². The summed E-state index contributed by atoms with van der Waals surface area (Å²) in [4.78, 5) is 49.7. The molecule has 0 bridgehead atoms. The van der Waals surface area contributed by atoms with E-state index in [9.17, 15) is 19.2 Å². The Bertz CT molecular complexity index is 1080. The standard InChI is InChI=1S/C27H33N3O5/c1-18-20-12-8-9-13-21(20)22-14-10-11-15-23(22)30(27(18)34)29-26(33)19(2)28-24(31)16-6-4-5-7-17-25(32)35-3/h8-15,18-19H,4-7,16-17H2,1-3H3,(H,28,31)(H,29,33)/t18?,19-/m0/s1. The number of esters is 1. The molecular weight excluding hydrogens is 446 g/mol. The molecule has 8 heteroatoms. The molecule has 2 atom stereocenters. The second-order valence-corrected chi connectivity index (χ2v) is 8.76. The molecule has 2 aromatic carbocycles. The largest absolute Gasteiger partial charge is 0.469 e. The summed E-state index contributed by atoms with van der Waals surface area (Å²) in [5, 5.41) is 4.01. The van der Waals surface area contributed by atoms with Crippen molar-refractivity contribution in [1.29, 1.82) is 0 Å². The molecule has 186 valence electrons. The molecule has 1 unspecified atom stereocenters. The summed E-state index contributed by atoms with van der Waals surface area (Å²) >= 11 is 0. The fraction of sp³-hybridized carbons (Fsp3) is 0.407. The average molecular weight is 480 g/mol. The van der Waals surface area contributed by atoms with Crippen LogP contribution in [-0.2, 0) is 23.9 Å². The molecule has 1 aliphatic heterocycles. The third-order valence-corrected chi connectivity index (χ3v) is 6.21. The lowest BCUT2D eigenvalue weighted by molar-refractivity contribution is -0.140. The van der Waals surface area contributed by atoms with Crippen LogP contribution in [0, 0.1) is 0 Å². The maximum absolute atomic E-state index is 13.3. The van der Waals surface area contributed by atoms with Crippen LogP contribution in [0.5, 0.6) is 0 Å². The number of ether oxygens (including phenoxy) is 1. The van der Waals surface area contributed by atoms with Gasteiger partial charge in [0.2, 0.25) is 5.91 Å². The molecule has 1 heterocycles. The van der Waals surface area contributed by atoms with Crippen LogP contribution >= 0.6 is 0 Å². The van der Waals surface area contributed by atoms with E-state index in [0.29, 0.717) is 18.5 Å². The van der Waals surface area contributed by atoms with E-state index in [-0.39, 0.29) is 24.2 Å². The second-order valence-electron chi connectivity index (χ2n) is 8.76. The molecule has 0 saturated carbocycles. The number of para-hydroxylation sites is 1. The van der Waals surface area contributed by atoms with E-state index < -0.39 is 17.9 Å². The van der Waals surface area contributed by atoms with Crippen LogP contribution in [0.3, 0.4) is 0 Å². The lowest BCUT2D eigenvalue weighted by Gasteiger charge is -2.27. The van der Waals surface area contributed by atoms with Gasteiger partial charge in [0, 0.05) is 18.4 Å². The van der Waals surface area contributed by atoms with Gasteiger partial charge in [-0.1, -0.05) is 55.3 Å². The predicted octanol–water partition coefficient (Wildman–Crippen LogP) is 3.85. The monoisotopic (exact) mass is 479 g/mol. The van der Waals surface area contributed by atoms with Gasteiger partial charge in [-0.05, 0) is 43.9 Å². The Hall–Kier alpha value is -3.68. The van der Waals surface area contributed by atoms with Gasteiger partial charge in [-0.15, -0.1) is 0 Å². The maximum Gasteiger partial charge on any atom is 0.305 e. The van der Waals surface area contributed by atoms with Crippen molar-refractivity contribution in [2.45, 2.75) is 64.3 Å². The van der Waals surface area contributed by atoms with E-state index in [4.69, 9.17) is 0 Å². The van der Waals surface area contributed by atoms with Gasteiger partial charge in [0.25, 0.3) is 11.8 Å². The maximum atomic E-state index is 13.3. The third kappa shape index (κ3) is 6.47. The van der Waals surface area contributed by atoms with Crippen molar-refractivity contribution in [3.05, 3.63) is 54.1 Å². The summed E-state index contributed by atoms with van der Waals surface area (Å²) in [6.07, 6.45) is 3.68. The molecule has 0 saturated heterocycles. The van der Waals surface area contributed by atoms with E-state index in [1.54, 1.807) is 13.0 Å². The molecule has 0 aromatic heterocycles. The van der Waals surface area contributed by atoms with Gasteiger partial charge in [0.05, 0.1) is 18.7 Å². The number of carbonyl (C=O) groups is 4. The SMILES string of the molecule is COC(=O)CCCCCCC(=O)N[C@@H](C)C(=O)NN1C(=O)C(C)c2ccccc2-c2ccccc21. The van der Waals surface area contributed by atoms with E-state index in [0.717, 1.165) is 36.0 Å². The molecule has 2 aromatic rings. The van der Waals surface area contributed by atoms with Crippen LogP contribution < -0.4 is 15.8 Å². The number of hydrogen-bond donors (Lipinski definition) is 2. The number of fused-ring (bicyclic) bond motifs is 3. The predicted molar refractivity (Wildman–Crippen MR) is 133 cm³/mol. The number of nitrogens with zero attached hydrogens (tertiary/aromatic N) is 1. The minimum Gasteiger partial charge on any atom is -0.469 e. The summed E-state index contributed by atoms with van der Waals surface area (Å²) in [7, 11) is 1.37. The van der Waals surface area contributed by atoms with Crippen LogP contribution in [-0.4, -0.2) is 36.8 Å². The number of rotatable bonds is 10. The topological polar surface area (TPSA) is 105 Å². The van der Waals surface area contributed by atoms with Crippen molar-refractivity contribution in [3.8, 4) is 11.1 Å². The number of nitrogens with one attached hydrogen (secondary N) is 2. The first kappa shape index (κ1) is 25.9.